The Bertz CT molecular complexity index is 1610. The Morgan fingerprint density at radius 2 is 1.80 bits per heavy atom. The molecule has 212 valence electrons. The van der Waals surface area contributed by atoms with Crippen LogP contribution in [0.25, 0.3) is 39.0 Å². The third-order valence-electron chi connectivity index (χ3n) is 9.56. The lowest BCUT2D eigenvalue weighted by atomic mass is 9.87. The maximum absolute atomic E-state index is 14.0. The van der Waals surface area contributed by atoms with E-state index in [0.29, 0.717) is 12.0 Å². The molecule has 6 rings (SSSR count). The molecule has 0 bridgehead atoms. The topological polar surface area (TPSA) is 77.7 Å². The summed E-state index contributed by atoms with van der Waals surface area (Å²) in [6, 6.07) is 6.31. The first kappa shape index (κ1) is 27.2. The fraction of sp³-hybridized carbons (Fsp3) is 0.531. The van der Waals surface area contributed by atoms with Crippen molar-refractivity contribution in [2.75, 3.05) is 0 Å². The number of allylic oxidation sites excluding steroid dienone is 2. The average Bonchev–Trinajstić information content (AvgIpc) is 3.51. The van der Waals surface area contributed by atoms with Gasteiger partial charge in [0.05, 0.1) is 5.52 Å². The van der Waals surface area contributed by atoms with Gasteiger partial charge in [0, 0.05) is 53.4 Å². The van der Waals surface area contributed by atoms with Crippen LogP contribution in [-0.2, 0) is 11.0 Å². The van der Waals surface area contributed by atoms with E-state index < -0.39 is 8.32 Å². The summed E-state index contributed by atoms with van der Waals surface area (Å²) in [6.07, 6.45) is 16.8. The van der Waals surface area contributed by atoms with Crippen LogP contribution in [0, 0.1) is 5.92 Å². The van der Waals surface area contributed by atoms with Gasteiger partial charge < -0.3 is 9.41 Å². The molecule has 2 aliphatic carbocycles. The van der Waals surface area contributed by atoms with E-state index in [1.165, 1.54) is 6.42 Å². The molecule has 7 nitrogen and oxygen atoms in total. The van der Waals surface area contributed by atoms with Gasteiger partial charge in [0.25, 0.3) is 0 Å². The summed E-state index contributed by atoms with van der Waals surface area (Å²) in [5, 5.41) is 1.29. The number of hydrogen-bond acceptors (Lipinski definition) is 4. The summed E-state index contributed by atoms with van der Waals surface area (Å²) in [7, 11) is -1.78. The van der Waals surface area contributed by atoms with Crippen LogP contribution >= 0.6 is 0 Å². The molecule has 4 aromatic rings. The second-order valence-electron chi connectivity index (χ2n) is 13.4. The van der Waals surface area contributed by atoms with Crippen molar-refractivity contribution < 1.29 is 4.43 Å². The lowest BCUT2D eigenvalue weighted by molar-refractivity contribution is 0.112. The molecule has 1 saturated carbocycles. The summed E-state index contributed by atoms with van der Waals surface area (Å²) in [5.74, 6) is 0.456. The number of aromatic amines is 1. The molecule has 4 heterocycles. The highest BCUT2D eigenvalue weighted by Gasteiger charge is 2.40. The van der Waals surface area contributed by atoms with E-state index in [0.717, 1.165) is 90.5 Å². The van der Waals surface area contributed by atoms with Gasteiger partial charge in [0.15, 0.2) is 14.0 Å². The molecule has 0 amide bonds. The van der Waals surface area contributed by atoms with Crippen LogP contribution in [0.4, 0.5) is 0 Å². The Balaban J connectivity index is 1.31. The van der Waals surface area contributed by atoms with Gasteiger partial charge in [0.2, 0.25) is 0 Å². The monoisotopic (exact) mass is 557 g/mol. The molecule has 1 fully saturated rings. The zero-order chi connectivity index (χ0) is 28.1. The molecule has 2 aliphatic rings. The van der Waals surface area contributed by atoms with E-state index in [4.69, 9.17) is 9.41 Å². The van der Waals surface area contributed by atoms with Gasteiger partial charge in [0.1, 0.15) is 5.65 Å². The SMILES string of the molecule is CC(C)(C)[Si](C)(C)OC1CCC(Cn2c(=O)n(C3=CCCCC3)c3ncc(-c4cnc5[nH]ccc5c4)cc32)CC1. The minimum atomic E-state index is -1.78. The maximum atomic E-state index is 14.0. The number of rotatable bonds is 6. The van der Waals surface area contributed by atoms with Gasteiger partial charge in [-0.3, -0.25) is 4.57 Å². The summed E-state index contributed by atoms with van der Waals surface area (Å²) in [4.78, 5) is 26.7. The summed E-state index contributed by atoms with van der Waals surface area (Å²) in [5.41, 5.74) is 5.70. The van der Waals surface area contributed by atoms with Gasteiger partial charge in [-0.2, -0.15) is 0 Å². The molecule has 0 aliphatic heterocycles. The quantitative estimate of drug-likeness (QED) is 0.246. The van der Waals surface area contributed by atoms with Crippen molar-refractivity contribution in [3.05, 3.63) is 53.3 Å². The summed E-state index contributed by atoms with van der Waals surface area (Å²) >= 11 is 0. The molecule has 0 unspecified atom stereocenters. The van der Waals surface area contributed by atoms with Gasteiger partial charge in [-0.05, 0) is 93.6 Å². The van der Waals surface area contributed by atoms with Crippen LogP contribution in [0.15, 0.2) is 47.7 Å². The van der Waals surface area contributed by atoms with Crippen LogP contribution in [0.2, 0.25) is 18.1 Å². The highest BCUT2D eigenvalue weighted by atomic mass is 28.4. The number of H-pyrrole nitrogens is 1. The number of hydrogen-bond donors (Lipinski definition) is 1. The fourth-order valence-corrected chi connectivity index (χ4v) is 7.55. The molecule has 0 atom stereocenters. The van der Waals surface area contributed by atoms with Crippen molar-refractivity contribution in [2.24, 2.45) is 5.92 Å². The van der Waals surface area contributed by atoms with Crippen molar-refractivity contribution >= 4 is 36.2 Å². The summed E-state index contributed by atoms with van der Waals surface area (Å²) in [6.45, 7) is 12.3. The Morgan fingerprint density at radius 3 is 2.52 bits per heavy atom. The predicted molar refractivity (Wildman–Crippen MR) is 166 cm³/mol. The van der Waals surface area contributed by atoms with Crippen LogP contribution in [0.1, 0.15) is 72.1 Å². The predicted octanol–water partition coefficient (Wildman–Crippen LogP) is 7.74. The lowest BCUT2D eigenvalue weighted by Crippen LogP contribution is -2.44. The second-order valence-corrected chi connectivity index (χ2v) is 18.2. The molecular weight excluding hydrogens is 514 g/mol. The van der Waals surface area contributed by atoms with Gasteiger partial charge in [-0.15, -0.1) is 0 Å². The number of pyridine rings is 2. The third kappa shape index (κ3) is 5.12. The van der Waals surface area contributed by atoms with Crippen LogP contribution in [0.5, 0.6) is 0 Å². The molecule has 4 aromatic heterocycles. The average molecular weight is 558 g/mol. The molecule has 8 heteroatoms. The van der Waals surface area contributed by atoms with Crippen LogP contribution in [-0.4, -0.2) is 38.5 Å². The zero-order valence-electron chi connectivity index (χ0n) is 24.7. The minimum absolute atomic E-state index is 0.0478. The van der Waals surface area contributed by atoms with Gasteiger partial charge in [-0.1, -0.05) is 26.8 Å². The van der Waals surface area contributed by atoms with Gasteiger partial charge >= 0.3 is 5.69 Å². The standard InChI is InChI=1S/C32H43N5O2Si/c1-32(2,3)40(4,5)39-27-13-11-22(12-14-27)21-36-28-18-25(24-17-23-15-16-33-29(23)34-19-24)20-35-30(28)37(31(36)38)26-9-7-6-8-10-26/h9,15-20,22,27H,6-8,10-14,21H2,1-5H3,(H,33,34). The molecule has 0 radical (unpaired) electrons. The van der Waals surface area contributed by atoms with Gasteiger partial charge in [-0.25, -0.2) is 19.3 Å². The Hall–Kier alpha value is -2.97. The maximum Gasteiger partial charge on any atom is 0.334 e. The molecule has 40 heavy (non-hydrogen) atoms. The van der Waals surface area contributed by atoms with Crippen molar-refractivity contribution in [1.29, 1.82) is 0 Å². The van der Waals surface area contributed by atoms with Crippen molar-refractivity contribution in [2.45, 2.75) is 103 Å². The second kappa shape index (κ2) is 10.5. The number of fused-ring (bicyclic) bond motifs is 2. The number of nitrogens with one attached hydrogen (secondary N) is 1. The molecule has 0 aromatic carbocycles. The van der Waals surface area contributed by atoms with E-state index in [-0.39, 0.29) is 10.7 Å². The van der Waals surface area contributed by atoms with Crippen molar-refractivity contribution in [3.8, 4) is 11.1 Å². The Labute approximate surface area is 237 Å². The number of aromatic nitrogens is 5. The third-order valence-corrected chi connectivity index (χ3v) is 14.1. The molecular formula is C32H43N5O2Si. The molecule has 0 spiro atoms. The van der Waals surface area contributed by atoms with E-state index in [9.17, 15) is 4.79 Å². The Kier molecular flexibility index (Phi) is 7.11. The van der Waals surface area contributed by atoms with Crippen LogP contribution in [0.3, 0.4) is 0 Å². The highest BCUT2D eigenvalue weighted by Crippen LogP contribution is 2.40. The highest BCUT2D eigenvalue weighted by molar-refractivity contribution is 6.74. The van der Waals surface area contributed by atoms with E-state index in [1.807, 2.05) is 33.8 Å². The first-order chi connectivity index (χ1) is 19.1. The normalized spacial score (nSPS) is 20.8. The minimum Gasteiger partial charge on any atom is -0.414 e. The number of imidazole rings is 1. The largest absolute Gasteiger partial charge is 0.414 e. The molecule has 0 saturated heterocycles. The van der Waals surface area contributed by atoms with Crippen molar-refractivity contribution in [3.63, 3.8) is 0 Å². The van der Waals surface area contributed by atoms with Crippen LogP contribution < -0.4 is 5.69 Å². The Morgan fingerprint density at radius 1 is 1.05 bits per heavy atom. The smallest absolute Gasteiger partial charge is 0.334 e. The fourth-order valence-electron chi connectivity index (χ4n) is 6.13. The van der Waals surface area contributed by atoms with E-state index >= 15 is 0 Å². The summed E-state index contributed by atoms with van der Waals surface area (Å²) < 4.78 is 10.6. The number of nitrogens with zero attached hydrogens (tertiary/aromatic N) is 4. The first-order valence-electron chi connectivity index (χ1n) is 15.0. The van der Waals surface area contributed by atoms with E-state index in [2.05, 4.69) is 62.0 Å². The lowest BCUT2D eigenvalue weighted by Gasteiger charge is -2.41. The van der Waals surface area contributed by atoms with E-state index in [1.54, 1.807) is 0 Å². The molecule has 1 N–H and O–H groups in total. The zero-order valence-corrected chi connectivity index (χ0v) is 25.7. The first-order valence-corrected chi connectivity index (χ1v) is 17.9. The van der Waals surface area contributed by atoms with Crippen molar-refractivity contribution in [1.82, 2.24) is 24.1 Å².